The number of fused-ring (bicyclic) bond motifs is 3. The van der Waals surface area contributed by atoms with Gasteiger partial charge in [0.2, 0.25) is 6.79 Å². The van der Waals surface area contributed by atoms with E-state index in [1.165, 1.54) is 5.56 Å². The van der Waals surface area contributed by atoms with Crippen LogP contribution >= 0.6 is 0 Å². The number of hydrogen-bond donors (Lipinski definition) is 1. The van der Waals surface area contributed by atoms with Crippen molar-refractivity contribution < 1.29 is 18.9 Å². The van der Waals surface area contributed by atoms with Gasteiger partial charge in [0.05, 0.1) is 11.6 Å². The summed E-state index contributed by atoms with van der Waals surface area (Å²) in [6.45, 7) is 4.86. The average Bonchev–Trinajstić information content (AvgIpc) is 3.70. The highest BCUT2D eigenvalue weighted by atomic mass is 16.7. The Morgan fingerprint density at radius 2 is 1.67 bits per heavy atom. The molecule has 43 heavy (non-hydrogen) atoms. The van der Waals surface area contributed by atoms with Crippen molar-refractivity contribution in [3.63, 3.8) is 0 Å². The van der Waals surface area contributed by atoms with Gasteiger partial charge in [-0.2, -0.15) is 0 Å². The topological polar surface area (TPSA) is 117 Å². The summed E-state index contributed by atoms with van der Waals surface area (Å²) in [5, 5.41) is 13.8. The minimum Gasteiger partial charge on any atom is -0.486 e. The summed E-state index contributed by atoms with van der Waals surface area (Å²) >= 11 is 0. The van der Waals surface area contributed by atoms with Crippen LogP contribution in [0.1, 0.15) is 41.9 Å². The third-order valence-electron chi connectivity index (χ3n) is 7.92. The molecule has 2 aromatic heterocycles. The van der Waals surface area contributed by atoms with E-state index in [0.29, 0.717) is 61.2 Å². The van der Waals surface area contributed by atoms with Gasteiger partial charge in [0.25, 0.3) is 5.56 Å². The molecule has 0 spiro atoms. The lowest BCUT2D eigenvalue weighted by Crippen LogP contribution is -2.32. The number of H-pyrrole nitrogens is 1. The van der Waals surface area contributed by atoms with Crippen molar-refractivity contribution in [3.05, 3.63) is 99.6 Å². The van der Waals surface area contributed by atoms with E-state index in [9.17, 15) is 4.79 Å². The number of aromatic nitrogens is 5. The van der Waals surface area contributed by atoms with Crippen LogP contribution < -0.4 is 24.5 Å². The number of rotatable bonds is 10. The zero-order valence-electron chi connectivity index (χ0n) is 23.9. The minimum atomic E-state index is -0.161. The zero-order chi connectivity index (χ0) is 29.2. The van der Waals surface area contributed by atoms with E-state index >= 15 is 0 Å². The number of tetrazole rings is 1. The van der Waals surface area contributed by atoms with Crippen LogP contribution in [0.3, 0.4) is 0 Å². The summed E-state index contributed by atoms with van der Waals surface area (Å²) in [5.74, 6) is 3.52. The lowest BCUT2D eigenvalue weighted by atomic mass is 10.1. The van der Waals surface area contributed by atoms with Crippen LogP contribution in [0.15, 0.2) is 71.5 Å². The first-order valence-electron chi connectivity index (χ1n) is 14.5. The molecule has 1 N–H and O–H groups in total. The Morgan fingerprint density at radius 1 is 0.884 bits per heavy atom. The van der Waals surface area contributed by atoms with Crippen molar-refractivity contribution >= 4 is 10.9 Å². The first-order valence-corrected chi connectivity index (χ1v) is 14.5. The van der Waals surface area contributed by atoms with E-state index in [-0.39, 0.29) is 18.4 Å². The second-order valence-electron chi connectivity index (χ2n) is 10.7. The molecule has 0 saturated heterocycles. The predicted molar refractivity (Wildman–Crippen MR) is 158 cm³/mol. The Morgan fingerprint density at radius 3 is 2.51 bits per heavy atom. The number of benzene rings is 3. The highest BCUT2D eigenvalue weighted by Crippen LogP contribution is 2.36. The van der Waals surface area contributed by atoms with Gasteiger partial charge in [-0.25, -0.2) is 4.68 Å². The maximum atomic E-state index is 13.4. The fraction of sp³-hybridized carbons (Fsp3) is 0.312. The fourth-order valence-electron chi connectivity index (χ4n) is 5.77. The van der Waals surface area contributed by atoms with Crippen LogP contribution in [0.5, 0.6) is 23.0 Å². The van der Waals surface area contributed by atoms with E-state index in [4.69, 9.17) is 18.9 Å². The van der Waals surface area contributed by atoms with Gasteiger partial charge >= 0.3 is 0 Å². The predicted octanol–water partition coefficient (Wildman–Crippen LogP) is 4.41. The second-order valence-corrected chi connectivity index (χ2v) is 10.7. The lowest BCUT2D eigenvalue weighted by Gasteiger charge is -2.30. The molecule has 0 saturated carbocycles. The highest BCUT2D eigenvalue weighted by molar-refractivity contribution is 5.83. The molecule has 0 bridgehead atoms. The Hall–Kier alpha value is -4.90. The van der Waals surface area contributed by atoms with Gasteiger partial charge in [-0.15, -0.1) is 5.10 Å². The number of ether oxygens (including phenoxy) is 4. The molecule has 0 unspecified atom stereocenters. The molecule has 5 aromatic rings. The Kier molecular flexibility index (Phi) is 7.38. The molecule has 0 aliphatic carbocycles. The molecule has 0 fully saturated rings. The number of aryl methyl sites for hydroxylation is 2. The number of nitrogens with zero attached hydrogens (tertiary/aromatic N) is 5. The smallest absolute Gasteiger partial charge is 0.252 e. The molecule has 4 heterocycles. The molecule has 0 radical (unpaired) electrons. The Labute approximate surface area is 248 Å². The molecular weight excluding hydrogens is 548 g/mol. The van der Waals surface area contributed by atoms with Crippen LogP contribution in [0.2, 0.25) is 0 Å². The van der Waals surface area contributed by atoms with Crippen molar-refractivity contribution in [2.45, 2.75) is 45.4 Å². The number of nitrogens with one attached hydrogen (secondary N) is 1. The molecule has 220 valence electrons. The highest BCUT2D eigenvalue weighted by Gasteiger charge is 2.27. The van der Waals surface area contributed by atoms with Crippen molar-refractivity contribution in [2.75, 3.05) is 20.0 Å². The molecule has 7 rings (SSSR count). The zero-order valence-corrected chi connectivity index (χ0v) is 23.9. The standard InChI is InChI=1S/C32H32N6O5/c1-2-26(31-34-35-36-38(31)11-10-21-6-4-3-5-7-21)37(18-22-8-9-27-28(14-22)43-20-42-27)19-24-15-23-16-29-30(41-13-12-40-29)17-25(23)33-32(24)39/h3-9,14-17,26H,2,10-13,18-20H2,1H3,(H,33,39)/t26-/m0/s1. The Bertz CT molecular complexity index is 1800. The van der Waals surface area contributed by atoms with E-state index in [2.05, 4.69) is 44.5 Å². The van der Waals surface area contributed by atoms with E-state index in [1.807, 2.05) is 59.3 Å². The molecule has 2 aliphatic rings. The summed E-state index contributed by atoms with van der Waals surface area (Å²) in [6.07, 6.45) is 1.54. The van der Waals surface area contributed by atoms with Crippen molar-refractivity contribution in [1.29, 1.82) is 0 Å². The molecule has 2 aliphatic heterocycles. The first kappa shape index (κ1) is 27.0. The summed E-state index contributed by atoms with van der Waals surface area (Å²) in [4.78, 5) is 18.7. The van der Waals surface area contributed by atoms with Crippen molar-refractivity contribution in [2.24, 2.45) is 0 Å². The summed E-state index contributed by atoms with van der Waals surface area (Å²) in [7, 11) is 0. The molecular formula is C32H32N6O5. The van der Waals surface area contributed by atoms with E-state index < -0.39 is 0 Å². The first-order chi connectivity index (χ1) is 21.1. The average molecular weight is 581 g/mol. The van der Waals surface area contributed by atoms with Gasteiger partial charge in [0, 0.05) is 36.7 Å². The number of hydrogen-bond acceptors (Lipinski definition) is 9. The molecule has 11 nitrogen and oxygen atoms in total. The van der Waals surface area contributed by atoms with Gasteiger partial charge in [-0.05, 0) is 58.7 Å². The van der Waals surface area contributed by atoms with Gasteiger partial charge in [0.15, 0.2) is 28.8 Å². The maximum absolute atomic E-state index is 13.4. The van der Waals surface area contributed by atoms with Crippen LogP contribution in [-0.2, 0) is 26.1 Å². The van der Waals surface area contributed by atoms with Gasteiger partial charge < -0.3 is 23.9 Å². The second kappa shape index (κ2) is 11.8. The van der Waals surface area contributed by atoms with Gasteiger partial charge in [-0.3, -0.25) is 9.69 Å². The third kappa shape index (κ3) is 5.63. The summed E-state index contributed by atoms with van der Waals surface area (Å²) in [6, 6.07) is 21.8. The van der Waals surface area contributed by atoms with Gasteiger partial charge in [0.1, 0.15) is 13.2 Å². The van der Waals surface area contributed by atoms with Crippen LogP contribution in [0, 0.1) is 0 Å². The normalized spacial score (nSPS) is 14.4. The largest absolute Gasteiger partial charge is 0.486 e. The summed E-state index contributed by atoms with van der Waals surface area (Å²) < 4.78 is 24.6. The molecule has 3 aromatic carbocycles. The van der Waals surface area contributed by atoms with E-state index in [1.54, 1.807) is 0 Å². The molecule has 11 heteroatoms. The van der Waals surface area contributed by atoms with Crippen LogP contribution in [-0.4, -0.2) is 50.1 Å². The van der Waals surface area contributed by atoms with Crippen molar-refractivity contribution in [1.82, 2.24) is 30.1 Å². The number of aromatic amines is 1. The summed E-state index contributed by atoms with van der Waals surface area (Å²) in [5.41, 5.74) is 3.43. The lowest BCUT2D eigenvalue weighted by molar-refractivity contribution is 0.160. The fourth-order valence-corrected chi connectivity index (χ4v) is 5.77. The Balaban J connectivity index is 1.23. The maximum Gasteiger partial charge on any atom is 0.252 e. The van der Waals surface area contributed by atoms with Crippen LogP contribution in [0.25, 0.3) is 10.9 Å². The van der Waals surface area contributed by atoms with Crippen LogP contribution in [0.4, 0.5) is 0 Å². The quantitative estimate of drug-likeness (QED) is 0.256. The monoisotopic (exact) mass is 580 g/mol. The minimum absolute atomic E-state index is 0.154. The molecule has 0 amide bonds. The molecule has 1 atom stereocenters. The van der Waals surface area contributed by atoms with Crippen molar-refractivity contribution in [3.8, 4) is 23.0 Å². The van der Waals surface area contributed by atoms with Gasteiger partial charge in [-0.1, -0.05) is 43.3 Å². The van der Waals surface area contributed by atoms with E-state index in [0.717, 1.165) is 35.4 Å². The SMILES string of the molecule is CC[C@@H](c1nnnn1CCc1ccccc1)N(Cc1ccc2c(c1)OCO2)Cc1cc2cc3c(cc2[nH]c1=O)OCCO3. The third-order valence-corrected chi connectivity index (χ3v) is 7.92. The number of pyridine rings is 1.